The molecule has 0 radical (unpaired) electrons. The largest absolute Gasteiger partial charge is 0.411 e. The quantitative estimate of drug-likeness (QED) is 0.463. The van der Waals surface area contributed by atoms with Gasteiger partial charge in [-0.2, -0.15) is 0 Å². The molecule has 0 atom stereocenters. The molecular formula is C21H18FN5O3S. The number of aromatic nitrogens is 4. The molecule has 158 valence electrons. The van der Waals surface area contributed by atoms with Gasteiger partial charge in [-0.05, 0) is 31.2 Å². The first-order chi connectivity index (χ1) is 15.0. The number of nitrogens with zero attached hydrogens (tertiary/aromatic N) is 4. The summed E-state index contributed by atoms with van der Waals surface area (Å²) in [5.74, 6) is -0.903. The van der Waals surface area contributed by atoms with Crippen molar-refractivity contribution in [2.24, 2.45) is 7.05 Å². The normalized spacial score (nSPS) is 10.9. The van der Waals surface area contributed by atoms with Crippen LogP contribution in [0, 0.1) is 12.7 Å². The minimum atomic E-state index is -0.477. The van der Waals surface area contributed by atoms with Gasteiger partial charge in [0, 0.05) is 7.05 Å². The molecule has 0 bridgehead atoms. The maximum absolute atomic E-state index is 13.8. The SMILES string of the molecule is Cc1c(NC(=O)CSc2nnc(-c3ccccc3F)o2)c(=O)n(-c2ccccc2)n1C. The molecule has 10 heteroatoms. The van der Waals surface area contributed by atoms with Crippen LogP contribution < -0.4 is 10.9 Å². The van der Waals surface area contributed by atoms with E-state index >= 15 is 0 Å². The molecule has 4 rings (SSSR count). The summed E-state index contributed by atoms with van der Waals surface area (Å²) >= 11 is 0.998. The van der Waals surface area contributed by atoms with Crippen LogP contribution in [-0.2, 0) is 11.8 Å². The molecule has 1 amide bonds. The van der Waals surface area contributed by atoms with Crippen molar-refractivity contribution in [1.29, 1.82) is 0 Å². The molecule has 8 nitrogen and oxygen atoms in total. The van der Waals surface area contributed by atoms with Gasteiger partial charge in [0.15, 0.2) is 0 Å². The van der Waals surface area contributed by atoms with Gasteiger partial charge in [0.25, 0.3) is 16.7 Å². The average Bonchev–Trinajstić information content (AvgIpc) is 3.32. The fraction of sp³-hybridized carbons (Fsp3) is 0.143. The van der Waals surface area contributed by atoms with Crippen molar-refractivity contribution in [1.82, 2.24) is 19.6 Å². The highest BCUT2D eigenvalue weighted by atomic mass is 32.2. The molecule has 31 heavy (non-hydrogen) atoms. The predicted octanol–water partition coefficient (Wildman–Crippen LogP) is 3.40. The van der Waals surface area contributed by atoms with Gasteiger partial charge in [0.2, 0.25) is 5.91 Å². The van der Waals surface area contributed by atoms with E-state index in [4.69, 9.17) is 4.42 Å². The van der Waals surface area contributed by atoms with Crippen molar-refractivity contribution in [3.8, 4) is 17.1 Å². The molecule has 0 saturated carbocycles. The summed E-state index contributed by atoms with van der Waals surface area (Å²) in [4.78, 5) is 25.3. The van der Waals surface area contributed by atoms with E-state index in [1.165, 1.54) is 16.8 Å². The van der Waals surface area contributed by atoms with Crippen molar-refractivity contribution in [3.63, 3.8) is 0 Å². The van der Waals surface area contributed by atoms with Crippen LogP contribution in [0.25, 0.3) is 17.1 Å². The van der Waals surface area contributed by atoms with Gasteiger partial charge >= 0.3 is 0 Å². The molecule has 2 heterocycles. The summed E-state index contributed by atoms with van der Waals surface area (Å²) in [5.41, 5.74) is 1.37. The standard InChI is InChI=1S/C21H18FN5O3S/c1-13-18(20(29)27(26(13)2)14-8-4-3-5-9-14)23-17(28)12-31-21-25-24-19(30-21)15-10-6-7-11-16(15)22/h3-11H,12H2,1-2H3,(H,23,28). The number of hydrogen-bond acceptors (Lipinski definition) is 6. The highest BCUT2D eigenvalue weighted by Crippen LogP contribution is 2.25. The summed E-state index contributed by atoms with van der Waals surface area (Å²) in [5, 5.41) is 10.4. The smallest absolute Gasteiger partial charge is 0.295 e. The van der Waals surface area contributed by atoms with Gasteiger partial charge in [0.1, 0.15) is 11.5 Å². The zero-order chi connectivity index (χ0) is 22.0. The number of thioether (sulfide) groups is 1. The molecule has 0 fully saturated rings. The van der Waals surface area contributed by atoms with E-state index in [1.807, 2.05) is 30.3 Å². The first kappa shape index (κ1) is 20.6. The van der Waals surface area contributed by atoms with E-state index in [-0.39, 0.29) is 33.7 Å². The second-order valence-corrected chi connectivity index (χ2v) is 7.55. The van der Waals surface area contributed by atoms with Crippen LogP contribution in [0.4, 0.5) is 10.1 Å². The van der Waals surface area contributed by atoms with Crippen LogP contribution in [0.5, 0.6) is 0 Å². The average molecular weight is 439 g/mol. The van der Waals surface area contributed by atoms with Gasteiger partial charge in [-0.3, -0.25) is 14.3 Å². The Morgan fingerprint density at radius 1 is 1.13 bits per heavy atom. The van der Waals surface area contributed by atoms with Gasteiger partial charge < -0.3 is 9.73 Å². The lowest BCUT2D eigenvalue weighted by atomic mass is 10.2. The van der Waals surface area contributed by atoms with Gasteiger partial charge in [0.05, 0.1) is 22.7 Å². The Labute approximate surface area is 180 Å². The molecule has 0 spiro atoms. The molecule has 2 aromatic carbocycles. The summed E-state index contributed by atoms with van der Waals surface area (Å²) < 4.78 is 22.4. The number of para-hydroxylation sites is 1. The molecule has 1 N–H and O–H groups in total. The number of hydrogen-bond donors (Lipinski definition) is 1. The zero-order valence-electron chi connectivity index (χ0n) is 16.7. The Hall–Kier alpha value is -3.66. The Morgan fingerprint density at radius 2 is 1.84 bits per heavy atom. The fourth-order valence-electron chi connectivity index (χ4n) is 3.03. The third kappa shape index (κ3) is 4.15. The van der Waals surface area contributed by atoms with Crippen LogP contribution in [0.3, 0.4) is 0 Å². The van der Waals surface area contributed by atoms with E-state index in [9.17, 15) is 14.0 Å². The lowest BCUT2D eigenvalue weighted by molar-refractivity contribution is -0.113. The van der Waals surface area contributed by atoms with Crippen molar-refractivity contribution in [2.45, 2.75) is 12.1 Å². The molecule has 0 aliphatic rings. The molecule has 0 unspecified atom stereocenters. The van der Waals surface area contributed by atoms with Crippen LogP contribution in [0.2, 0.25) is 0 Å². The number of halogens is 1. The first-order valence-electron chi connectivity index (χ1n) is 9.31. The number of carbonyl (C=O) groups excluding carboxylic acids is 1. The van der Waals surface area contributed by atoms with E-state index in [0.29, 0.717) is 11.4 Å². The minimum absolute atomic E-state index is 0.0330. The molecule has 0 saturated heterocycles. The zero-order valence-corrected chi connectivity index (χ0v) is 17.5. The summed E-state index contributed by atoms with van der Waals surface area (Å²) in [6.45, 7) is 1.75. The van der Waals surface area contributed by atoms with E-state index in [2.05, 4.69) is 15.5 Å². The van der Waals surface area contributed by atoms with Crippen LogP contribution >= 0.6 is 11.8 Å². The summed E-state index contributed by atoms with van der Waals surface area (Å²) in [6.07, 6.45) is 0. The molecule has 4 aromatic rings. The summed E-state index contributed by atoms with van der Waals surface area (Å²) in [7, 11) is 1.75. The third-order valence-electron chi connectivity index (χ3n) is 4.66. The number of carbonyl (C=O) groups is 1. The number of nitrogens with one attached hydrogen (secondary N) is 1. The van der Waals surface area contributed by atoms with Crippen molar-refractivity contribution >= 4 is 23.4 Å². The first-order valence-corrected chi connectivity index (χ1v) is 10.3. The van der Waals surface area contributed by atoms with Crippen molar-refractivity contribution in [3.05, 3.63) is 76.5 Å². The van der Waals surface area contributed by atoms with E-state index in [0.717, 1.165) is 11.8 Å². The number of benzene rings is 2. The highest BCUT2D eigenvalue weighted by molar-refractivity contribution is 7.99. The molecule has 2 aromatic heterocycles. The lowest BCUT2D eigenvalue weighted by Gasteiger charge is -2.07. The Morgan fingerprint density at radius 3 is 2.58 bits per heavy atom. The van der Waals surface area contributed by atoms with Crippen molar-refractivity contribution < 1.29 is 13.6 Å². The summed E-state index contributed by atoms with van der Waals surface area (Å²) in [6, 6.07) is 15.2. The van der Waals surface area contributed by atoms with Crippen LogP contribution in [0.1, 0.15) is 5.69 Å². The minimum Gasteiger partial charge on any atom is -0.411 e. The predicted molar refractivity (Wildman–Crippen MR) is 115 cm³/mol. The molecule has 0 aliphatic heterocycles. The Balaban J connectivity index is 1.46. The molecule has 0 aliphatic carbocycles. The Bertz CT molecular complexity index is 1300. The fourth-order valence-corrected chi connectivity index (χ4v) is 3.59. The second-order valence-electron chi connectivity index (χ2n) is 6.63. The van der Waals surface area contributed by atoms with Gasteiger partial charge in [-0.1, -0.05) is 42.1 Å². The topological polar surface area (TPSA) is 95.0 Å². The number of anilines is 1. The monoisotopic (exact) mass is 439 g/mol. The van der Waals surface area contributed by atoms with E-state index < -0.39 is 11.7 Å². The molecular weight excluding hydrogens is 421 g/mol. The van der Waals surface area contributed by atoms with E-state index in [1.54, 1.807) is 30.8 Å². The second kappa shape index (κ2) is 8.60. The number of amides is 1. The lowest BCUT2D eigenvalue weighted by Crippen LogP contribution is -2.23. The van der Waals surface area contributed by atoms with Gasteiger partial charge in [-0.25, -0.2) is 9.07 Å². The maximum atomic E-state index is 13.8. The maximum Gasteiger partial charge on any atom is 0.295 e. The van der Waals surface area contributed by atoms with Crippen LogP contribution in [0.15, 0.2) is 69.0 Å². The highest BCUT2D eigenvalue weighted by Gasteiger charge is 2.19. The van der Waals surface area contributed by atoms with Crippen LogP contribution in [-0.4, -0.2) is 31.2 Å². The Kier molecular flexibility index (Phi) is 5.72. The number of rotatable bonds is 6. The van der Waals surface area contributed by atoms with Gasteiger partial charge in [-0.15, -0.1) is 10.2 Å². The van der Waals surface area contributed by atoms with Crippen molar-refractivity contribution in [2.75, 3.05) is 11.1 Å². The third-order valence-corrected chi connectivity index (χ3v) is 5.47.